The van der Waals surface area contributed by atoms with Gasteiger partial charge in [0.1, 0.15) is 11.8 Å². The van der Waals surface area contributed by atoms with Gasteiger partial charge >= 0.3 is 5.97 Å². The maximum absolute atomic E-state index is 10.2. The largest absolute Gasteiger partial charge is 0.480 e. The summed E-state index contributed by atoms with van der Waals surface area (Å²) in [6, 6.07) is -1.04. The lowest BCUT2D eigenvalue weighted by Crippen LogP contribution is -2.31. The van der Waals surface area contributed by atoms with Crippen molar-refractivity contribution < 1.29 is 25.0 Å². The van der Waals surface area contributed by atoms with Crippen molar-refractivity contribution in [2.24, 2.45) is 5.73 Å². The number of carboxylic acid groups (broad SMARTS) is 1. The Bertz CT molecular complexity index is 199. The zero-order valence-electron chi connectivity index (χ0n) is 6.84. The lowest BCUT2D eigenvalue weighted by molar-refractivity contribution is -0.742. The first-order chi connectivity index (χ1) is 5.77. The molecular formula is C5H10N2O6. The highest BCUT2D eigenvalue weighted by Crippen LogP contribution is 1.87. The average Bonchev–Trinajstić information content (AvgIpc) is 1.83. The van der Waals surface area contributed by atoms with Gasteiger partial charge in [-0.25, -0.2) is 0 Å². The summed E-state index contributed by atoms with van der Waals surface area (Å²) in [6.07, 6.45) is -0.0880. The Morgan fingerprint density at radius 2 is 1.92 bits per heavy atom. The fourth-order valence-corrected chi connectivity index (χ4v) is 0.397. The number of carboxylic acids is 1. The highest BCUT2D eigenvalue weighted by molar-refractivity contribution is 5.83. The van der Waals surface area contributed by atoms with E-state index in [1.165, 1.54) is 6.92 Å². The Morgan fingerprint density at radius 1 is 1.62 bits per heavy atom. The van der Waals surface area contributed by atoms with Gasteiger partial charge in [-0.1, -0.05) is 0 Å². The fraction of sp³-hybridized carbons (Fsp3) is 0.600. The van der Waals surface area contributed by atoms with Crippen LogP contribution >= 0.6 is 0 Å². The molecule has 0 saturated carbocycles. The van der Waals surface area contributed by atoms with Crippen molar-refractivity contribution in [3.63, 3.8) is 0 Å². The first-order valence-corrected chi connectivity index (χ1v) is 3.08. The molecule has 76 valence electrons. The minimum absolute atomic E-state index is 0.0880. The molecule has 0 aromatic carbocycles. The molecule has 0 radical (unpaired) electrons. The van der Waals surface area contributed by atoms with Gasteiger partial charge in [-0.05, 0) is 6.92 Å². The molecule has 0 spiro atoms. The molecule has 1 atom stereocenters. The van der Waals surface area contributed by atoms with Crippen molar-refractivity contribution in [3.8, 4) is 0 Å². The van der Waals surface area contributed by atoms with E-state index in [1.54, 1.807) is 0 Å². The van der Waals surface area contributed by atoms with Gasteiger partial charge in [-0.3, -0.25) is 9.59 Å². The Labute approximate surface area is 73.1 Å². The van der Waals surface area contributed by atoms with Gasteiger partial charge in [0.25, 0.3) is 5.09 Å². The van der Waals surface area contributed by atoms with Crippen LogP contribution in [0.1, 0.15) is 13.3 Å². The number of nitrogens with zero attached hydrogens (tertiary/aromatic N) is 1. The number of hydrogen-bond donors (Lipinski definition) is 3. The summed E-state index contributed by atoms with van der Waals surface area (Å²) in [4.78, 5) is 28.5. The molecule has 13 heavy (non-hydrogen) atoms. The van der Waals surface area contributed by atoms with Crippen LogP contribution in [-0.4, -0.2) is 33.2 Å². The van der Waals surface area contributed by atoms with E-state index in [-0.39, 0.29) is 12.2 Å². The molecule has 0 saturated heterocycles. The number of ketones is 1. The van der Waals surface area contributed by atoms with Crippen molar-refractivity contribution in [2.75, 3.05) is 0 Å². The van der Waals surface area contributed by atoms with Gasteiger partial charge in [0.15, 0.2) is 0 Å². The van der Waals surface area contributed by atoms with Crippen molar-refractivity contribution in [1.29, 1.82) is 0 Å². The molecule has 0 aliphatic rings. The summed E-state index contributed by atoms with van der Waals surface area (Å²) >= 11 is 0. The molecule has 8 nitrogen and oxygen atoms in total. The summed E-state index contributed by atoms with van der Waals surface area (Å²) < 4.78 is 0. The van der Waals surface area contributed by atoms with Crippen molar-refractivity contribution in [2.45, 2.75) is 19.4 Å². The third-order valence-electron chi connectivity index (χ3n) is 0.825. The van der Waals surface area contributed by atoms with Crippen LogP contribution in [0.3, 0.4) is 0 Å². The topological polar surface area (TPSA) is 144 Å². The molecule has 8 heteroatoms. The molecule has 4 N–H and O–H groups in total. The molecule has 0 bridgehead atoms. The molecule has 0 aromatic heterocycles. The van der Waals surface area contributed by atoms with Crippen LogP contribution < -0.4 is 5.73 Å². The number of Topliss-reactive ketones (excluding diaryl/α,β-unsaturated/α-hetero) is 1. The van der Waals surface area contributed by atoms with E-state index < -0.39 is 17.1 Å². The Hall–Kier alpha value is -1.70. The van der Waals surface area contributed by atoms with Crippen LogP contribution in [0, 0.1) is 10.1 Å². The lowest BCUT2D eigenvalue weighted by atomic mass is 10.2. The maximum atomic E-state index is 10.2. The number of carbonyl (C=O) groups is 2. The number of hydrogen-bond acceptors (Lipinski definition) is 5. The third kappa shape index (κ3) is 17.9. The SMILES string of the molecule is CC(=O)CC(N)C(=O)O.O=[N+]([O-])O. The minimum atomic E-state index is -1.50. The molecule has 0 fully saturated rings. The fourth-order valence-electron chi connectivity index (χ4n) is 0.397. The lowest BCUT2D eigenvalue weighted by Gasteiger charge is -2.00. The Morgan fingerprint density at radius 3 is 2.00 bits per heavy atom. The van der Waals surface area contributed by atoms with E-state index in [2.05, 4.69) is 0 Å². The first kappa shape index (κ1) is 13.9. The van der Waals surface area contributed by atoms with E-state index >= 15 is 0 Å². The zero-order chi connectivity index (χ0) is 11.0. The second-order valence-electron chi connectivity index (χ2n) is 2.09. The molecular weight excluding hydrogens is 184 g/mol. The van der Waals surface area contributed by atoms with Crippen LogP contribution in [0.4, 0.5) is 0 Å². The van der Waals surface area contributed by atoms with E-state index in [9.17, 15) is 9.59 Å². The predicted molar refractivity (Wildman–Crippen MR) is 39.7 cm³/mol. The summed E-state index contributed by atoms with van der Waals surface area (Å²) in [5.74, 6) is -1.34. The quantitative estimate of drug-likeness (QED) is 0.387. The highest BCUT2D eigenvalue weighted by atomic mass is 16.9. The second-order valence-corrected chi connectivity index (χ2v) is 2.09. The highest BCUT2D eigenvalue weighted by Gasteiger charge is 2.12. The molecule has 0 aliphatic heterocycles. The predicted octanol–water partition coefficient (Wildman–Crippen LogP) is -0.970. The van der Waals surface area contributed by atoms with Crippen LogP contribution in [0.2, 0.25) is 0 Å². The summed E-state index contributed by atoms with van der Waals surface area (Å²) in [5.41, 5.74) is 5.00. The molecule has 0 rings (SSSR count). The van der Waals surface area contributed by atoms with E-state index in [0.717, 1.165) is 0 Å². The van der Waals surface area contributed by atoms with Gasteiger partial charge in [0, 0.05) is 6.42 Å². The van der Waals surface area contributed by atoms with Crippen LogP contribution in [-0.2, 0) is 9.59 Å². The summed E-state index contributed by atoms with van der Waals surface area (Å²) in [7, 11) is 0. The van der Waals surface area contributed by atoms with E-state index in [1.807, 2.05) is 0 Å². The normalized spacial score (nSPS) is 10.6. The smallest absolute Gasteiger partial charge is 0.320 e. The summed E-state index contributed by atoms with van der Waals surface area (Å²) in [6.45, 7) is 1.31. The number of rotatable bonds is 3. The molecule has 1 unspecified atom stereocenters. The molecule has 0 aliphatic carbocycles. The summed E-state index contributed by atoms with van der Waals surface area (Å²) in [5, 5.41) is 21.8. The van der Waals surface area contributed by atoms with Crippen LogP contribution in [0.5, 0.6) is 0 Å². The van der Waals surface area contributed by atoms with Crippen LogP contribution in [0.25, 0.3) is 0 Å². The standard InChI is InChI=1S/C5H9NO3.HNO3/c1-3(7)2-4(6)5(8)9;2-1(3)4/h4H,2,6H2,1H3,(H,8,9);(H,2,3,4). The molecule has 0 heterocycles. The van der Waals surface area contributed by atoms with Gasteiger partial charge in [-0.2, -0.15) is 0 Å². The number of nitrogens with two attached hydrogens (primary N) is 1. The average molecular weight is 194 g/mol. The van der Waals surface area contributed by atoms with Crippen LogP contribution in [0.15, 0.2) is 0 Å². The minimum Gasteiger partial charge on any atom is -0.480 e. The van der Waals surface area contributed by atoms with E-state index in [4.69, 9.17) is 26.2 Å². The Kier molecular flexibility index (Phi) is 7.44. The van der Waals surface area contributed by atoms with E-state index in [0.29, 0.717) is 0 Å². The van der Waals surface area contributed by atoms with Crippen molar-refractivity contribution >= 4 is 11.8 Å². The van der Waals surface area contributed by atoms with Crippen molar-refractivity contribution in [1.82, 2.24) is 0 Å². The van der Waals surface area contributed by atoms with Gasteiger partial charge < -0.3 is 16.0 Å². The van der Waals surface area contributed by atoms with Gasteiger partial charge in [0.2, 0.25) is 0 Å². The van der Waals surface area contributed by atoms with Gasteiger partial charge in [0.05, 0.1) is 0 Å². The maximum Gasteiger partial charge on any atom is 0.320 e. The molecule has 0 amide bonds. The monoisotopic (exact) mass is 194 g/mol. The first-order valence-electron chi connectivity index (χ1n) is 3.08. The Balaban J connectivity index is 0. The molecule has 0 aromatic rings. The zero-order valence-corrected chi connectivity index (χ0v) is 6.84. The van der Waals surface area contributed by atoms with Gasteiger partial charge in [-0.15, -0.1) is 10.1 Å². The second kappa shape index (κ2) is 6.98. The van der Waals surface area contributed by atoms with Crippen molar-refractivity contribution in [3.05, 3.63) is 10.1 Å². The number of aliphatic carboxylic acids is 1. The third-order valence-corrected chi connectivity index (χ3v) is 0.825. The number of carbonyl (C=O) groups excluding carboxylic acids is 1.